The highest BCUT2D eigenvalue weighted by Crippen LogP contribution is 2.32. The molecule has 2 aromatic rings. The van der Waals surface area contributed by atoms with Gasteiger partial charge < -0.3 is 10.3 Å². The molecular formula is C18H11Cl2F2N5. The number of nitrogens with zero attached hydrogens (tertiary/aromatic N) is 4. The second kappa shape index (κ2) is 6.75. The van der Waals surface area contributed by atoms with Crippen LogP contribution in [0.4, 0.5) is 14.6 Å². The van der Waals surface area contributed by atoms with E-state index in [0.717, 1.165) is 12.1 Å². The Morgan fingerprint density at radius 3 is 2.26 bits per heavy atom. The Morgan fingerprint density at radius 1 is 0.963 bits per heavy atom. The Bertz CT molecular complexity index is 1090. The summed E-state index contributed by atoms with van der Waals surface area (Å²) >= 11 is 12.5. The van der Waals surface area contributed by atoms with E-state index < -0.39 is 11.6 Å². The van der Waals surface area contributed by atoms with Crippen LogP contribution in [0.25, 0.3) is 22.9 Å². The summed E-state index contributed by atoms with van der Waals surface area (Å²) in [6.07, 6.45) is 1.45. The molecule has 2 N–H and O–H groups in total. The van der Waals surface area contributed by atoms with Crippen LogP contribution in [0.15, 0.2) is 42.7 Å². The van der Waals surface area contributed by atoms with E-state index in [1.165, 1.54) is 12.4 Å². The number of anilines is 1. The number of rotatable bonds is 3. The topological polar surface area (TPSA) is 69.6 Å². The van der Waals surface area contributed by atoms with Crippen LogP contribution in [-0.4, -0.2) is 19.5 Å². The molecule has 27 heavy (non-hydrogen) atoms. The minimum Gasteiger partial charge on any atom is -0.382 e. The summed E-state index contributed by atoms with van der Waals surface area (Å²) in [6, 6.07) is 8.70. The summed E-state index contributed by atoms with van der Waals surface area (Å²) in [4.78, 5) is 12.6. The first-order valence-corrected chi connectivity index (χ1v) is 8.57. The van der Waals surface area contributed by atoms with E-state index in [9.17, 15) is 8.78 Å². The number of nitrogens with two attached hydrogens (primary N) is 1. The average Bonchev–Trinajstić information content (AvgIpc) is 3.06. The van der Waals surface area contributed by atoms with Crippen LogP contribution in [0, 0.1) is 11.6 Å². The summed E-state index contributed by atoms with van der Waals surface area (Å²) in [5.41, 5.74) is 6.44. The van der Waals surface area contributed by atoms with Crippen molar-refractivity contribution in [2.24, 2.45) is 0 Å². The van der Waals surface area contributed by atoms with E-state index in [1.54, 1.807) is 22.8 Å². The molecule has 0 saturated carbocycles. The molecule has 0 atom stereocenters. The third-order valence-corrected chi connectivity index (χ3v) is 4.78. The highest BCUT2D eigenvalue weighted by Gasteiger charge is 2.23. The Hall–Kier alpha value is -2.77. The van der Waals surface area contributed by atoms with E-state index in [4.69, 9.17) is 28.9 Å². The van der Waals surface area contributed by atoms with Crippen LogP contribution < -0.4 is 5.73 Å². The zero-order valence-corrected chi connectivity index (χ0v) is 15.1. The van der Waals surface area contributed by atoms with Crippen molar-refractivity contribution < 1.29 is 8.78 Å². The lowest BCUT2D eigenvalue weighted by atomic mass is 10.2. The average molecular weight is 406 g/mol. The van der Waals surface area contributed by atoms with Gasteiger partial charge in [0, 0.05) is 15.6 Å². The van der Waals surface area contributed by atoms with Crippen LogP contribution in [0.1, 0.15) is 5.56 Å². The number of imidazole rings is 1. The molecule has 0 aromatic heterocycles. The standard InChI is InChI=1S/C18H11Cl2F2N5/c19-10-3-1-4-11(20)9(10)7-27-8-24-16(23)15-18(27)26-17(25-15)14-12(21)5-2-6-13(14)22/h1-6,8H,7,23H2. The molecule has 9 heteroatoms. The number of nitrogen functional groups attached to an aromatic ring is 1. The van der Waals surface area contributed by atoms with E-state index in [1.807, 2.05) is 0 Å². The van der Waals surface area contributed by atoms with Gasteiger partial charge in [-0.25, -0.2) is 23.7 Å². The van der Waals surface area contributed by atoms with Gasteiger partial charge in [-0.05, 0) is 24.3 Å². The van der Waals surface area contributed by atoms with Crippen LogP contribution >= 0.6 is 23.2 Å². The highest BCUT2D eigenvalue weighted by molar-refractivity contribution is 6.36. The number of hydrogen-bond acceptors (Lipinski definition) is 4. The van der Waals surface area contributed by atoms with Crippen LogP contribution in [0.5, 0.6) is 0 Å². The van der Waals surface area contributed by atoms with Gasteiger partial charge >= 0.3 is 0 Å². The second-order valence-electron chi connectivity index (χ2n) is 5.77. The monoisotopic (exact) mass is 405 g/mol. The number of fused-ring (bicyclic) bond motifs is 1. The number of aromatic nitrogens is 4. The Morgan fingerprint density at radius 2 is 1.59 bits per heavy atom. The summed E-state index contributed by atoms with van der Waals surface area (Å²) in [6.45, 7) is 0.236. The first kappa shape index (κ1) is 17.6. The van der Waals surface area contributed by atoms with Crippen LogP contribution in [0.2, 0.25) is 10.0 Å². The van der Waals surface area contributed by atoms with Gasteiger partial charge in [0.05, 0.1) is 18.4 Å². The third kappa shape index (κ3) is 3.09. The van der Waals surface area contributed by atoms with E-state index in [0.29, 0.717) is 21.4 Å². The summed E-state index contributed by atoms with van der Waals surface area (Å²) < 4.78 is 29.8. The second-order valence-corrected chi connectivity index (χ2v) is 6.59. The van der Waals surface area contributed by atoms with Crippen LogP contribution in [-0.2, 0) is 6.54 Å². The molecule has 0 amide bonds. The first-order valence-electron chi connectivity index (χ1n) is 7.81. The smallest absolute Gasteiger partial charge is 0.168 e. The Kier molecular flexibility index (Phi) is 4.41. The molecule has 0 bridgehead atoms. The third-order valence-electron chi connectivity index (χ3n) is 4.07. The molecule has 0 aliphatic carbocycles. The fourth-order valence-corrected chi connectivity index (χ4v) is 3.26. The maximum atomic E-state index is 14.1. The Balaban J connectivity index is 1.87. The van der Waals surface area contributed by atoms with Crippen molar-refractivity contribution in [1.29, 1.82) is 0 Å². The highest BCUT2D eigenvalue weighted by atomic mass is 35.5. The molecular weight excluding hydrogens is 395 g/mol. The summed E-state index contributed by atoms with van der Waals surface area (Å²) in [7, 11) is 0. The van der Waals surface area contributed by atoms with Crippen molar-refractivity contribution in [1.82, 2.24) is 19.5 Å². The largest absolute Gasteiger partial charge is 0.382 e. The number of hydrogen-bond donors (Lipinski definition) is 1. The summed E-state index contributed by atoms with van der Waals surface area (Å²) in [5.74, 6) is -1.23. The molecule has 2 aliphatic heterocycles. The zero-order chi connectivity index (χ0) is 19.1. The lowest BCUT2D eigenvalue weighted by Gasteiger charge is -2.13. The van der Waals surface area contributed by atoms with Crippen molar-refractivity contribution >= 4 is 29.0 Å². The first-order chi connectivity index (χ1) is 13.0. The van der Waals surface area contributed by atoms with Crippen molar-refractivity contribution in [3.05, 3.63) is 70.0 Å². The molecule has 0 fully saturated rings. The maximum absolute atomic E-state index is 14.1. The summed E-state index contributed by atoms with van der Waals surface area (Å²) in [5, 5.41) is 0.944. The molecule has 4 rings (SSSR count). The van der Waals surface area contributed by atoms with Gasteiger partial charge in [0.2, 0.25) is 0 Å². The molecule has 0 unspecified atom stereocenters. The Labute approximate surface area is 162 Å². The van der Waals surface area contributed by atoms with Crippen molar-refractivity contribution in [3.63, 3.8) is 0 Å². The zero-order valence-electron chi connectivity index (χ0n) is 13.6. The predicted molar refractivity (Wildman–Crippen MR) is 99.8 cm³/mol. The molecule has 0 radical (unpaired) electrons. The molecule has 2 aromatic carbocycles. The lowest BCUT2D eigenvalue weighted by molar-refractivity contribution is 0.588. The van der Waals surface area contributed by atoms with Gasteiger partial charge in [0.1, 0.15) is 11.6 Å². The number of benzene rings is 2. The quantitative estimate of drug-likeness (QED) is 0.537. The van der Waals surface area contributed by atoms with Crippen molar-refractivity contribution in [3.8, 4) is 22.9 Å². The minimum absolute atomic E-state index is 0.0991. The van der Waals surface area contributed by atoms with Gasteiger partial charge in [-0.1, -0.05) is 35.3 Å². The number of halogens is 4. The van der Waals surface area contributed by atoms with Gasteiger partial charge in [-0.2, -0.15) is 0 Å². The predicted octanol–water partition coefficient (Wildman–Crippen LogP) is 4.66. The lowest BCUT2D eigenvalue weighted by Crippen LogP contribution is -2.09. The molecule has 5 nitrogen and oxygen atoms in total. The molecule has 0 spiro atoms. The molecule has 2 aliphatic rings. The fourth-order valence-electron chi connectivity index (χ4n) is 2.75. The van der Waals surface area contributed by atoms with Gasteiger partial charge in [0.15, 0.2) is 23.2 Å². The minimum atomic E-state index is -0.766. The van der Waals surface area contributed by atoms with E-state index in [-0.39, 0.29) is 29.4 Å². The maximum Gasteiger partial charge on any atom is 0.168 e. The normalized spacial score (nSPS) is 11.3. The van der Waals surface area contributed by atoms with Crippen molar-refractivity contribution in [2.45, 2.75) is 6.54 Å². The van der Waals surface area contributed by atoms with Gasteiger partial charge in [0.25, 0.3) is 0 Å². The SMILES string of the molecule is Nc1ncn(Cc2c(Cl)cccc2Cl)c2nc(-c3c(F)cccc3F)nc1-2. The molecule has 2 heterocycles. The van der Waals surface area contributed by atoms with E-state index in [2.05, 4.69) is 15.0 Å². The van der Waals surface area contributed by atoms with Gasteiger partial charge in [-0.3, -0.25) is 0 Å². The molecule has 0 saturated heterocycles. The van der Waals surface area contributed by atoms with Gasteiger partial charge in [-0.15, -0.1) is 0 Å². The van der Waals surface area contributed by atoms with Crippen molar-refractivity contribution in [2.75, 3.05) is 5.73 Å². The van der Waals surface area contributed by atoms with E-state index >= 15 is 0 Å². The fraction of sp³-hybridized carbons (Fsp3) is 0.0556. The molecule has 136 valence electrons. The van der Waals surface area contributed by atoms with Crippen LogP contribution in [0.3, 0.4) is 0 Å².